The predicted molar refractivity (Wildman–Crippen MR) is 105 cm³/mol. The molecular formula is C19H30FN7. The molecule has 3 aliphatic rings. The summed E-state index contributed by atoms with van der Waals surface area (Å²) in [5.74, 6) is -0.466. The summed E-state index contributed by atoms with van der Waals surface area (Å²) in [6.07, 6.45) is 4.77. The van der Waals surface area contributed by atoms with Gasteiger partial charge in [0.1, 0.15) is 5.82 Å². The maximum atomic E-state index is 14.8. The number of benzene rings is 1. The molecule has 0 amide bonds. The first-order valence-electron chi connectivity index (χ1n) is 9.91. The van der Waals surface area contributed by atoms with Crippen molar-refractivity contribution in [3.8, 4) is 0 Å². The molecule has 0 radical (unpaired) electrons. The van der Waals surface area contributed by atoms with Crippen LogP contribution in [0.25, 0.3) is 0 Å². The normalized spacial score (nSPS) is 28.3. The third kappa shape index (κ3) is 3.74. The molecule has 0 aliphatic carbocycles. The van der Waals surface area contributed by atoms with Gasteiger partial charge >= 0.3 is 0 Å². The van der Waals surface area contributed by atoms with Gasteiger partial charge in [-0.15, -0.1) is 0 Å². The highest BCUT2D eigenvalue weighted by Crippen LogP contribution is 2.30. The number of aliphatic imine (C=N–C) groups is 1. The topological polar surface area (TPSA) is 94.9 Å². The Kier molecular flexibility index (Phi) is 4.96. The van der Waals surface area contributed by atoms with E-state index in [2.05, 4.69) is 32.6 Å². The third-order valence-corrected chi connectivity index (χ3v) is 6.21. The first kappa shape index (κ1) is 18.5. The molecule has 3 aliphatic heterocycles. The summed E-state index contributed by atoms with van der Waals surface area (Å²) in [4.78, 5) is 8.88. The van der Waals surface area contributed by atoms with E-state index in [0.717, 1.165) is 31.8 Å². The third-order valence-electron chi connectivity index (χ3n) is 6.21. The molecule has 0 bridgehead atoms. The summed E-state index contributed by atoms with van der Waals surface area (Å²) in [5.41, 5.74) is 18.4. The van der Waals surface area contributed by atoms with E-state index in [1.165, 1.54) is 32.0 Å². The smallest absolute Gasteiger partial charge is 0.209 e. The quantitative estimate of drug-likeness (QED) is 0.630. The van der Waals surface area contributed by atoms with Crippen molar-refractivity contribution in [1.82, 2.24) is 15.8 Å². The molecule has 6 N–H and O–H groups in total. The van der Waals surface area contributed by atoms with E-state index in [0.29, 0.717) is 17.3 Å². The lowest BCUT2D eigenvalue weighted by Crippen LogP contribution is -2.50. The number of nitrogens with one attached hydrogen (secondary N) is 2. The Morgan fingerprint density at radius 3 is 2.44 bits per heavy atom. The molecule has 27 heavy (non-hydrogen) atoms. The summed E-state index contributed by atoms with van der Waals surface area (Å²) in [6.45, 7) is 6.52. The number of anilines is 1. The van der Waals surface area contributed by atoms with Crippen molar-refractivity contribution in [3.05, 3.63) is 29.6 Å². The second-order valence-corrected chi connectivity index (χ2v) is 8.12. The lowest BCUT2D eigenvalue weighted by molar-refractivity contribution is 0.120. The second-order valence-electron chi connectivity index (χ2n) is 8.12. The highest BCUT2D eigenvalue weighted by atomic mass is 19.1. The van der Waals surface area contributed by atoms with Crippen molar-refractivity contribution >= 4 is 11.6 Å². The van der Waals surface area contributed by atoms with Crippen molar-refractivity contribution in [3.63, 3.8) is 0 Å². The first-order chi connectivity index (χ1) is 12.9. The fraction of sp³-hybridized carbons (Fsp3) is 0.632. The van der Waals surface area contributed by atoms with Crippen molar-refractivity contribution in [1.29, 1.82) is 0 Å². The van der Waals surface area contributed by atoms with Crippen molar-refractivity contribution in [2.45, 2.75) is 44.4 Å². The van der Waals surface area contributed by atoms with Crippen LogP contribution in [0.5, 0.6) is 0 Å². The van der Waals surface area contributed by atoms with Gasteiger partial charge in [-0.3, -0.25) is 11.2 Å². The second kappa shape index (κ2) is 7.26. The van der Waals surface area contributed by atoms with Crippen LogP contribution in [0.1, 0.15) is 38.2 Å². The molecule has 7 nitrogen and oxygen atoms in total. The molecule has 0 aromatic heterocycles. The van der Waals surface area contributed by atoms with Crippen LogP contribution in [0.2, 0.25) is 0 Å². The lowest BCUT2D eigenvalue weighted by atomic mass is 9.94. The molecule has 4 rings (SSSR count). The van der Waals surface area contributed by atoms with Crippen LogP contribution in [-0.4, -0.2) is 43.1 Å². The fourth-order valence-corrected chi connectivity index (χ4v) is 4.41. The minimum absolute atomic E-state index is 0.191. The Morgan fingerprint density at radius 1 is 1.15 bits per heavy atom. The highest BCUT2D eigenvalue weighted by Gasteiger charge is 2.33. The van der Waals surface area contributed by atoms with E-state index in [4.69, 9.17) is 11.5 Å². The molecule has 1 atom stereocenters. The molecule has 1 aromatic carbocycles. The van der Waals surface area contributed by atoms with Gasteiger partial charge in [0.05, 0.1) is 5.69 Å². The Morgan fingerprint density at radius 2 is 1.85 bits per heavy atom. The van der Waals surface area contributed by atoms with Gasteiger partial charge in [0.15, 0.2) is 0 Å². The Hall–Kier alpha value is -1.90. The molecule has 1 aromatic rings. The number of hydrogen-bond acceptors (Lipinski definition) is 7. The number of piperidine rings is 2. The summed E-state index contributed by atoms with van der Waals surface area (Å²) in [5, 5.41) is 0. The molecule has 0 saturated carbocycles. The number of hydrazine groups is 1. The van der Waals surface area contributed by atoms with Gasteiger partial charge in [-0.2, -0.15) is 5.43 Å². The van der Waals surface area contributed by atoms with Gasteiger partial charge < -0.3 is 15.5 Å². The molecular weight excluding hydrogens is 345 g/mol. The lowest BCUT2D eigenvalue weighted by Gasteiger charge is -2.42. The van der Waals surface area contributed by atoms with Crippen LogP contribution >= 0.6 is 0 Å². The molecule has 2 fully saturated rings. The Labute approximate surface area is 159 Å². The monoisotopic (exact) mass is 375 g/mol. The van der Waals surface area contributed by atoms with Gasteiger partial charge in [0, 0.05) is 24.7 Å². The number of halogens is 1. The zero-order valence-electron chi connectivity index (χ0n) is 15.9. The van der Waals surface area contributed by atoms with Gasteiger partial charge in [-0.1, -0.05) is 13.0 Å². The number of nitrogens with two attached hydrogens (primary N) is 2. The molecule has 3 heterocycles. The Balaban J connectivity index is 1.40. The predicted octanol–water partition coefficient (Wildman–Crippen LogP) is 1.02. The molecule has 2 saturated heterocycles. The molecule has 148 valence electrons. The van der Waals surface area contributed by atoms with Gasteiger partial charge in [0.25, 0.3) is 0 Å². The summed E-state index contributed by atoms with van der Waals surface area (Å²) >= 11 is 0. The van der Waals surface area contributed by atoms with Crippen LogP contribution in [0, 0.1) is 11.7 Å². The first-order valence-corrected chi connectivity index (χ1v) is 9.91. The van der Waals surface area contributed by atoms with Crippen LogP contribution in [-0.2, 0) is 5.79 Å². The van der Waals surface area contributed by atoms with E-state index in [-0.39, 0.29) is 11.8 Å². The minimum atomic E-state index is -1.23. The van der Waals surface area contributed by atoms with Crippen LogP contribution in [0.4, 0.5) is 10.1 Å². The van der Waals surface area contributed by atoms with Crippen LogP contribution in [0.15, 0.2) is 23.2 Å². The van der Waals surface area contributed by atoms with Gasteiger partial charge in [-0.05, 0) is 56.8 Å². The van der Waals surface area contributed by atoms with E-state index >= 15 is 0 Å². The summed E-state index contributed by atoms with van der Waals surface area (Å²) < 4.78 is 14.8. The van der Waals surface area contributed by atoms with Crippen LogP contribution in [0.3, 0.4) is 0 Å². The standard InChI is InChI=1S/C19H30FN7/c1-13-4-8-26(9-5-13)15-6-10-27(11-7-15)17-3-2-14(12-16(17)20)19(22)23-18(21)24-25-19/h2-3,12-13,15,25H,4-11,22H2,1H3,(H3,21,23,24). The maximum Gasteiger partial charge on any atom is 0.209 e. The van der Waals surface area contributed by atoms with Crippen molar-refractivity contribution in [2.24, 2.45) is 22.4 Å². The zero-order chi connectivity index (χ0) is 19.0. The van der Waals surface area contributed by atoms with Gasteiger partial charge in [0.2, 0.25) is 11.7 Å². The van der Waals surface area contributed by atoms with Gasteiger partial charge in [-0.25, -0.2) is 9.38 Å². The van der Waals surface area contributed by atoms with E-state index in [1.54, 1.807) is 6.07 Å². The average Bonchev–Trinajstić information content (AvgIpc) is 3.03. The number of rotatable bonds is 3. The number of guanidine groups is 1. The largest absolute Gasteiger partial charge is 0.369 e. The highest BCUT2D eigenvalue weighted by molar-refractivity contribution is 5.79. The Bertz CT molecular complexity index is 708. The van der Waals surface area contributed by atoms with E-state index in [9.17, 15) is 4.39 Å². The molecule has 8 heteroatoms. The summed E-state index contributed by atoms with van der Waals surface area (Å²) in [7, 11) is 0. The van der Waals surface area contributed by atoms with Crippen molar-refractivity contribution in [2.75, 3.05) is 31.1 Å². The van der Waals surface area contributed by atoms with Crippen LogP contribution < -0.4 is 27.2 Å². The summed E-state index contributed by atoms with van der Waals surface area (Å²) in [6, 6.07) is 5.69. The average molecular weight is 375 g/mol. The minimum Gasteiger partial charge on any atom is -0.369 e. The number of likely N-dealkylation sites (tertiary alicyclic amines) is 1. The molecule has 0 spiro atoms. The molecule has 1 unspecified atom stereocenters. The zero-order valence-corrected chi connectivity index (χ0v) is 15.9. The maximum absolute atomic E-state index is 14.8. The fourth-order valence-electron chi connectivity index (χ4n) is 4.41. The number of hydrogen-bond donors (Lipinski definition) is 4. The van der Waals surface area contributed by atoms with E-state index in [1.807, 2.05) is 6.07 Å². The number of nitrogens with zero attached hydrogens (tertiary/aromatic N) is 3. The van der Waals surface area contributed by atoms with E-state index < -0.39 is 5.79 Å². The van der Waals surface area contributed by atoms with Crippen molar-refractivity contribution < 1.29 is 4.39 Å². The SMILES string of the molecule is CC1CCN(C2CCN(c3ccc(C4(N)N=C(N)NN4)cc3F)CC2)CC1.